The molecule has 27 heavy (non-hydrogen) atoms. The highest BCUT2D eigenvalue weighted by molar-refractivity contribution is 9.10. The molecule has 0 fully saturated rings. The third kappa shape index (κ3) is 3.86. The van der Waals surface area contributed by atoms with Crippen molar-refractivity contribution < 1.29 is 17.7 Å². The van der Waals surface area contributed by atoms with E-state index < -0.39 is 10.0 Å². The van der Waals surface area contributed by atoms with E-state index in [-0.39, 0.29) is 10.6 Å². The minimum Gasteiger partial charge on any atom is -0.495 e. The molecule has 0 aliphatic rings. The highest BCUT2D eigenvalue weighted by Crippen LogP contribution is 2.35. The van der Waals surface area contributed by atoms with E-state index in [9.17, 15) is 8.42 Å². The molecule has 142 valence electrons. The molecular weight excluding hydrogens is 432 g/mol. The molecular formula is C19H19BrN2O4S. The lowest BCUT2D eigenvalue weighted by molar-refractivity contribution is 0.393. The van der Waals surface area contributed by atoms with E-state index in [1.165, 1.54) is 7.11 Å². The SMILES string of the molecule is COc1ccc(-c2c(C)noc2C)cc1S(=O)(=O)Nc1ccc(C)cc1Br. The molecule has 0 amide bonds. The summed E-state index contributed by atoms with van der Waals surface area (Å²) in [5.74, 6) is 0.872. The van der Waals surface area contributed by atoms with Gasteiger partial charge in [-0.15, -0.1) is 0 Å². The van der Waals surface area contributed by atoms with Gasteiger partial charge in [0.05, 0.1) is 18.5 Å². The smallest absolute Gasteiger partial charge is 0.265 e. The van der Waals surface area contributed by atoms with Crippen molar-refractivity contribution >= 4 is 31.6 Å². The summed E-state index contributed by atoms with van der Waals surface area (Å²) >= 11 is 3.39. The molecule has 0 spiro atoms. The van der Waals surface area contributed by atoms with Crippen LogP contribution >= 0.6 is 15.9 Å². The zero-order valence-electron chi connectivity index (χ0n) is 15.3. The number of nitrogens with zero attached hydrogens (tertiary/aromatic N) is 1. The van der Waals surface area contributed by atoms with Crippen molar-refractivity contribution in [2.45, 2.75) is 25.7 Å². The van der Waals surface area contributed by atoms with Crippen LogP contribution < -0.4 is 9.46 Å². The summed E-state index contributed by atoms with van der Waals surface area (Å²) in [6.07, 6.45) is 0. The van der Waals surface area contributed by atoms with E-state index in [4.69, 9.17) is 9.26 Å². The van der Waals surface area contributed by atoms with E-state index >= 15 is 0 Å². The van der Waals surface area contributed by atoms with E-state index in [2.05, 4.69) is 25.8 Å². The van der Waals surface area contributed by atoms with Gasteiger partial charge in [-0.3, -0.25) is 4.72 Å². The molecule has 0 aliphatic carbocycles. The number of halogens is 1. The molecule has 1 N–H and O–H groups in total. The number of sulfonamides is 1. The minimum atomic E-state index is -3.89. The summed E-state index contributed by atoms with van der Waals surface area (Å²) in [6, 6.07) is 10.4. The van der Waals surface area contributed by atoms with E-state index in [1.54, 1.807) is 31.2 Å². The fourth-order valence-corrected chi connectivity index (χ4v) is 4.84. The first-order chi connectivity index (χ1) is 12.7. The largest absolute Gasteiger partial charge is 0.495 e. The molecule has 0 saturated heterocycles. The van der Waals surface area contributed by atoms with Crippen molar-refractivity contribution in [1.82, 2.24) is 5.16 Å². The van der Waals surface area contributed by atoms with Crippen LogP contribution in [0.4, 0.5) is 5.69 Å². The Hall–Kier alpha value is -2.32. The highest BCUT2D eigenvalue weighted by Gasteiger charge is 2.23. The number of ether oxygens (including phenoxy) is 1. The lowest BCUT2D eigenvalue weighted by atomic mass is 10.0. The average Bonchev–Trinajstić information content (AvgIpc) is 2.95. The molecule has 0 saturated carbocycles. The molecule has 0 bridgehead atoms. The fraction of sp³-hybridized carbons (Fsp3) is 0.211. The quantitative estimate of drug-likeness (QED) is 0.601. The molecule has 6 nitrogen and oxygen atoms in total. The van der Waals surface area contributed by atoms with Crippen molar-refractivity contribution in [3.8, 4) is 16.9 Å². The van der Waals surface area contributed by atoms with Crippen molar-refractivity contribution in [1.29, 1.82) is 0 Å². The Morgan fingerprint density at radius 1 is 1.11 bits per heavy atom. The van der Waals surface area contributed by atoms with Gasteiger partial charge in [0.15, 0.2) is 0 Å². The van der Waals surface area contributed by atoms with Crippen molar-refractivity contribution in [3.05, 3.63) is 57.9 Å². The summed E-state index contributed by atoms with van der Waals surface area (Å²) in [5.41, 5.74) is 3.62. The fourth-order valence-electron chi connectivity index (χ4n) is 2.84. The maximum atomic E-state index is 13.1. The second-order valence-electron chi connectivity index (χ2n) is 6.15. The zero-order chi connectivity index (χ0) is 19.8. The van der Waals surface area contributed by atoms with Gasteiger partial charge in [-0.05, 0) is 72.1 Å². The number of aromatic nitrogens is 1. The second-order valence-corrected chi connectivity index (χ2v) is 8.66. The van der Waals surface area contributed by atoms with Crippen LogP contribution in [0, 0.1) is 20.8 Å². The summed E-state index contributed by atoms with van der Waals surface area (Å²) in [5, 5.41) is 3.94. The molecule has 8 heteroatoms. The third-order valence-electron chi connectivity index (χ3n) is 4.14. The van der Waals surface area contributed by atoms with Crippen molar-refractivity contribution in [2.75, 3.05) is 11.8 Å². The molecule has 0 radical (unpaired) electrons. The van der Waals surface area contributed by atoms with Crippen molar-refractivity contribution in [2.24, 2.45) is 0 Å². The van der Waals surface area contributed by atoms with Crippen LogP contribution in [0.3, 0.4) is 0 Å². The van der Waals surface area contributed by atoms with Gasteiger partial charge in [0.1, 0.15) is 16.4 Å². The Morgan fingerprint density at radius 3 is 2.44 bits per heavy atom. The summed E-state index contributed by atoms with van der Waals surface area (Å²) < 4.78 is 39.9. The number of benzene rings is 2. The van der Waals surface area contributed by atoms with Gasteiger partial charge in [0.25, 0.3) is 10.0 Å². The number of nitrogens with one attached hydrogen (secondary N) is 1. The summed E-state index contributed by atoms with van der Waals surface area (Å²) in [4.78, 5) is 0.0370. The van der Waals surface area contributed by atoms with Crippen molar-refractivity contribution in [3.63, 3.8) is 0 Å². The Morgan fingerprint density at radius 2 is 1.85 bits per heavy atom. The van der Waals surface area contributed by atoms with E-state index in [1.807, 2.05) is 26.0 Å². The van der Waals surface area contributed by atoms with Crippen LogP contribution in [0.15, 0.2) is 50.3 Å². The molecule has 0 atom stereocenters. The average molecular weight is 451 g/mol. The number of aryl methyl sites for hydroxylation is 3. The monoisotopic (exact) mass is 450 g/mol. The topological polar surface area (TPSA) is 81.4 Å². The molecule has 1 heterocycles. The molecule has 2 aromatic carbocycles. The van der Waals surface area contributed by atoms with Gasteiger partial charge in [-0.2, -0.15) is 0 Å². The molecule has 0 unspecified atom stereocenters. The number of hydrogen-bond donors (Lipinski definition) is 1. The van der Waals surface area contributed by atoms with Gasteiger partial charge in [0.2, 0.25) is 0 Å². The molecule has 3 rings (SSSR count). The maximum Gasteiger partial charge on any atom is 0.265 e. The Bertz CT molecular complexity index is 1090. The van der Waals surface area contributed by atoms with Crippen LogP contribution in [-0.4, -0.2) is 20.7 Å². The van der Waals surface area contributed by atoms with Gasteiger partial charge in [-0.25, -0.2) is 8.42 Å². The molecule has 3 aromatic rings. The zero-order valence-corrected chi connectivity index (χ0v) is 17.7. The van der Waals surface area contributed by atoms with Crippen LogP contribution in [0.25, 0.3) is 11.1 Å². The van der Waals surface area contributed by atoms with Gasteiger partial charge in [0, 0.05) is 10.0 Å². The van der Waals surface area contributed by atoms with Crippen LogP contribution in [-0.2, 0) is 10.0 Å². The van der Waals surface area contributed by atoms with Gasteiger partial charge in [-0.1, -0.05) is 17.3 Å². The predicted molar refractivity (Wildman–Crippen MR) is 108 cm³/mol. The first kappa shape index (κ1) is 19.4. The van der Waals surface area contributed by atoms with Crippen LogP contribution in [0.1, 0.15) is 17.0 Å². The Kier molecular flexibility index (Phi) is 5.30. The lowest BCUT2D eigenvalue weighted by Crippen LogP contribution is -2.14. The predicted octanol–water partition coefficient (Wildman–Crippen LogP) is 4.84. The minimum absolute atomic E-state index is 0.0370. The number of hydrogen-bond acceptors (Lipinski definition) is 5. The Labute approximate surface area is 166 Å². The Balaban J connectivity index is 2.09. The number of anilines is 1. The molecule has 1 aromatic heterocycles. The van der Waals surface area contributed by atoms with Gasteiger partial charge >= 0.3 is 0 Å². The lowest BCUT2D eigenvalue weighted by Gasteiger charge is -2.14. The first-order valence-electron chi connectivity index (χ1n) is 8.13. The van der Waals surface area contributed by atoms with E-state index in [0.717, 1.165) is 11.1 Å². The van der Waals surface area contributed by atoms with E-state index in [0.29, 0.717) is 27.2 Å². The summed E-state index contributed by atoms with van der Waals surface area (Å²) in [6.45, 7) is 5.53. The first-order valence-corrected chi connectivity index (χ1v) is 10.4. The molecule has 0 aliphatic heterocycles. The summed E-state index contributed by atoms with van der Waals surface area (Å²) in [7, 11) is -2.45. The third-order valence-corrected chi connectivity index (χ3v) is 6.19. The van der Waals surface area contributed by atoms with Crippen LogP contribution in [0.2, 0.25) is 0 Å². The number of methoxy groups -OCH3 is 1. The highest BCUT2D eigenvalue weighted by atomic mass is 79.9. The standard InChI is InChI=1S/C19H19BrN2O4S/c1-11-5-7-16(15(20)9-11)22-27(23,24)18-10-14(6-8-17(18)25-4)19-12(2)21-26-13(19)3/h5-10,22H,1-4H3. The normalized spacial score (nSPS) is 11.4. The van der Waals surface area contributed by atoms with Gasteiger partial charge < -0.3 is 9.26 Å². The number of rotatable bonds is 5. The van der Waals surface area contributed by atoms with Crippen LogP contribution in [0.5, 0.6) is 5.75 Å². The second kappa shape index (κ2) is 7.36. The maximum absolute atomic E-state index is 13.1.